The predicted molar refractivity (Wildman–Crippen MR) is 51.3 cm³/mol. The van der Waals surface area contributed by atoms with E-state index < -0.39 is 0 Å². The lowest BCUT2D eigenvalue weighted by molar-refractivity contribution is -0.137. The topological polar surface area (TPSA) is 46.5 Å². The predicted octanol–water partition coefficient (Wildman–Crippen LogP) is 1.66. The van der Waals surface area contributed by atoms with Crippen molar-refractivity contribution in [1.82, 2.24) is 0 Å². The van der Waals surface area contributed by atoms with E-state index in [4.69, 9.17) is 9.84 Å². The third-order valence-electron chi connectivity index (χ3n) is 1.53. The minimum absolute atomic E-state index is 0.254. The molecule has 3 heteroatoms. The zero-order valence-electron chi connectivity index (χ0n) is 8.32. The molecule has 1 N–H and O–H groups in total. The van der Waals surface area contributed by atoms with Crippen molar-refractivity contribution >= 4 is 5.97 Å². The fourth-order valence-corrected chi connectivity index (χ4v) is 0.901. The van der Waals surface area contributed by atoms with Crippen LogP contribution in [0.2, 0.25) is 0 Å². The number of allylic oxidation sites excluding steroid dienone is 1. The molecule has 0 aromatic carbocycles. The maximum absolute atomic E-state index is 10.8. The average Bonchev–Trinajstić information content (AvgIpc) is 2.03. The van der Waals surface area contributed by atoms with Gasteiger partial charge in [-0.15, -0.1) is 0 Å². The quantitative estimate of drug-likeness (QED) is 0.390. The van der Waals surface area contributed by atoms with Crippen molar-refractivity contribution in [3.05, 3.63) is 12.2 Å². The van der Waals surface area contributed by atoms with Crippen LogP contribution in [0.25, 0.3) is 0 Å². The van der Waals surface area contributed by atoms with E-state index in [1.165, 1.54) is 6.08 Å². The highest BCUT2D eigenvalue weighted by Gasteiger charge is 1.94. The lowest BCUT2D eigenvalue weighted by Gasteiger charge is -2.00. The van der Waals surface area contributed by atoms with Gasteiger partial charge in [-0.1, -0.05) is 6.08 Å². The fourth-order valence-electron chi connectivity index (χ4n) is 0.901. The molecule has 0 heterocycles. The van der Waals surface area contributed by atoms with Crippen molar-refractivity contribution in [3.8, 4) is 0 Å². The summed E-state index contributed by atoms with van der Waals surface area (Å²) in [6.07, 6.45) is 5.44. The summed E-state index contributed by atoms with van der Waals surface area (Å²) in [5, 5.41) is 8.93. The van der Waals surface area contributed by atoms with Gasteiger partial charge in [-0.2, -0.15) is 0 Å². The third kappa shape index (κ3) is 9.08. The molecule has 3 nitrogen and oxygen atoms in total. The van der Waals surface area contributed by atoms with Gasteiger partial charge < -0.3 is 9.84 Å². The van der Waals surface area contributed by atoms with Gasteiger partial charge in [0.15, 0.2) is 0 Å². The molecule has 0 aliphatic carbocycles. The third-order valence-corrected chi connectivity index (χ3v) is 1.53. The van der Waals surface area contributed by atoms with Crippen LogP contribution in [0.1, 0.15) is 33.1 Å². The van der Waals surface area contributed by atoms with Gasteiger partial charge in [0.1, 0.15) is 0 Å². The van der Waals surface area contributed by atoms with E-state index in [0.29, 0.717) is 6.61 Å². The second-order valence-corrected chi connectivity index (χ2v) is 2.93. The molecule has 0 aromatic heterocycles. The van der Waals surface area contributed by atoms with Gasteiger partial charge in [-0.3, -0.25) is 0 Å². The zero-order chi connectivity index (χ0) is 10.1. The Kier molecular flexibility index (Phi) is 7.30. The van der Waals surface area contributed by atoms with Crippen molar-refractivity contribution in [2.45, 2.75) is 39.2 Å². The highest BCUT2D eigenvalue weighted by atomic mass is 16.5. The summed E-state index contributed by atoms with van der Waals surface area (Å²) in [5.74, 6) is -0.292. The number of aliphatic hydroxyl groups excluding tert-OH is 1. The number of carbonyl (C=O) groups is 1. The normalized spacial score (nSPS) is 13.2. The van der Waals surface area contributed by atoms with Crippen molar-refractivity contribution in [2.75, 3.05) is 6.61 Å². The highest BCUT2D eigenvalue weighted by molar-refractivity contribution is 5.81. The molecule has 1 atom stereocenters. The molecule has 0 fully saturated rings. The molecule has 0 rings (SSSR count). The van der Waals surface area contributed by atoms with Gasteiger partial charge in [-0.25, -0.2) is 4.79 Å². The minimum atomic E-state index is -0.292. The summed E-state index contributed by atoms with van der Waals surface area (Å²) < 4.78 is 4.69. The Morgan fingerprint density at radius 3 is 2.85 bits per heavy atom. The summed E-state index contributed by atoms with van der Waals surface area (Å²) >= 11 is 0. The number of ether oxygens (including phenoxy) is 1. The van der Waals surface area contributed by atoms with Crippen LogP contribution in [0.5, 0.6) is 0 Å². The number of unbranched alkanes of at least 4 members (excludes halogenated alkanes) is 1. The van der Waals surface area contributed by atoms with E-state index in [1.807, 2.05) is 0 Å². The maximum atomic E-state index is 10.8. The smallest absolute Gasteiger partial charge is 0.330 e. The van der Waals surface area contributed by atoms with Crippen molar-refractivity contribution in [2.24, 2.45) is 0 Å². The van der Waals surface area contributed by atoms with Crippen molar-refractivity contribution in [1.29, 1.82) is 0 Å². The van der Waals surface area contributed by atoms with Gasteiger partial charge in [0.25, 0.3) is 0 Å². The molecule has 0 saturated carbocycles. The van der Waals surface area contributed by atoms with Crippen LogP contribution in [-0.4, -0.2) is 23.8 Å². The molecule has 0 unspecified atom stereocenters. The number of esters is 1. The van der Waals surface area contributed by atoms with Gasteiger partial charge in [0, 0.05) is 6.08 Å². The van der Waals surface area contributed by atoms with Crippen LogP contribution in [0.4, 0.5) is 0 Å². The molecule has 0 aliphatic heterocycles. The Hall–Kier alpha value is -0.830. The second-order valence-electron chi connectivity index (χ2n) is 2.93. The average molecular weight is 186 g/mol. The summed E-state index contributed by atoms with van der Waals surface area (Å²) in [7, 11) is 0. The molecule has 0 amide bonds. The molecule has 13 heavy (non-hydrogen) atoms. The summed E-state index contributed by atoms with van der Waals surface area (Å²) in [6.45, 7) is 3.95. The molecule has 0 aliphatic rings. The Bertz CT molecular complexity index is 162. The first kappa shape index (κ1) is 12.2. The van der Waals surface area contributed by atoms with Crippen LogP contribution < -0.4 is 0 Å². The molecule has 0 radical (unpaired) electrons. The molecule has 76 valence electrons. The second kappa shape index (κ2) is 7.80. The summed E-state index contributed by atoms with van der Waals surface area (Å²) in [6, 6.07) is 0. The lowest BCUT2D eigenvalue weighted by atomic mass is 10.2. The SMILES string of the molecule is CCOC(=O)/C=C/CCC[C@H](C)O. The molecule has 0 spiro atoms. The van der Waals surface area contributed by atoms with E-state index in [2.05, 4.69) is 0 Å². The number of hydrogen-bond acceptors (Lipinski definition) is 3. The molecule has 0 aromatic rings. The number of carbonyl (C=O) groups excluding carboxylic acids is 1. The van der Waals surface area contributed by atoms with E-state index in [-0.39, 0.29) is 12.1 Å². The summed E-state index contributed by atoms with van der Waals surface area (Å²) in [5.41, 5.74) is 0. The van der Waals surface area contributed by atoms with Gasteiger partial charge in [-0.05, 0) is 33.1 Å². The number of aliphatic hydroxyl groups is 1. The maximum Gasteiger partial charge on any atom is 0.330 e. The molecule has 0 saturated heterocycles. The van der Waals surface area contributed by atoms with Gasteiger partial charge in [0.2, 0.25) is 0 Å². The van der Waals surface area contributed by atoms with Crippen molar-refractivity contribution < 1.29 is 14.6 Å². The number of rotatable bonds is 6. The van der Waals surface area contributed by atoms with Crippen LogP contribution in [0, 0.1) is 0 Å². The Labute approximate surface area is 79.4 Å². The van der Waals surface area contributed by atoms with E-state index >= 15 is 0 Å². The van der Waals surface area contributed by atoms with Gasteiger partial charge in [0.05, 0.1) is 12.7 Å². The zero-order valence-corrected chi connectivity index (χ0v) is 8.32. The fraction of sp³-hybridized carbons (Fsp3) is 0.700. The summed E-state index contributed by atoms with van der Waals surface area (Å²) in [4.78, 5) is 10.8. The number of hydrogen-bond donors (Lipinski definition) is 1. The molecular formula is C10H18O3. The van der Waals surface area contributed by atoms with E-state index in [9.17, 15) is 4.79 Å². The Morgan fingerprint density at radius 1 is 1.62 bits per heavy atom. The van der Waals surface area contributed by atoms with Crippen LogP contribution in [0.3, 0.4) is 0 Å². The highest BCUT2D eigenvalue weighted by Crippen LogP contribution is 2.00. The first-order valence-electron chi connectivity index (χ1n) is 4.68. The Balaban J connectivity index is 3.35. The lowest BCUT2D eigenvalue weighted by Crippen LogP contribution is -1.99. The monoisotopic (exact) mass is 186 g/mol. The van der Waals surface area contributed by atoms with E-state index in [0.717, 1.165) is 19.3 Å². The minimum Gasteiger partial charge on any atom is -0.463 e. The largest absolute Gasteiger partial charge is 0.463 e. The molecular weight excluding hydrogens is 168 g/mol. The Morgan fingerprint density at radius 2 is 2.31 bits per heavy atom. The standard InChI is InChI=1S/C10H18O3/c1-3-13-10(12)8-6-4-5-7-9(2)11/h6,8-9,11H,3-5,7H2,1-2H3/b8-6+/t9-/m0/s1. The van der Waals surface area contributed by atoms with Gasteiger partial charge >= 0.3 is 5.97 Å². The van der Waals surface area contributed by atoms with Crippen LogP contribution in [0.15, 0.2) is 12.2 Å². The molecule has 0 bridgehead atoms. The van der Waals surface area contributed by atoms with Crippen LogP contribution in [-0.2, 0) is 9.53 Å². The van der Waals surface area contributed by atoms with Crippen molar-refractivity contribution in [3.63, 3.8) is 0 Å². The van der Waals surface area contributed by atoms with E-state index in [1.54, 1.807) is 19.9 Å². The first-order chi connectivity index (χ1) is 6.16. The van der Waals surface area contributed by atoms with Crippen LogP contribution >= 0.6 is 0 Å². The first-order valence-corrected chi connectivity index (χ1v) is 4.68.